The number of nitrogens with one attached hydrogen (secondary N) is 1. The van der Waals surface area contributed by atoms with E-state index in [4.69, 9.17) is 27.9 Å². The Balaban J connectivity index is 1.84. The maximum absolute atomic E-state index is 13.0. The van der Waals surface area contributed by atoms with E-state index in [0.29, 0.717) is 16.9 Å². The molecule has 1 saturated heterocycles. The van der Waals surface area contributed by atoms with Gasteiger partial charge in [0.15, 0.2) is 5.75 Å². The van der Waals surface area contributed by atoms with Crippen molar-refractivity contribution in [1.82, 2.24) is 10.2 Å². The van der Waals surface area contributed by atoms with Crippen molar-refractivity contribution in [3.8, 4) is 5.75 Å². The number of nitrogens with zero attached hydrogens (tertiary/aromatic N) is 1. The van der Waals surface area contributed by atoms with Gasteiger partial charge < -0.3 is 10.1 Å². The molecule has 0 aliphatic carbocycles. The molecule has 134 valence electrons. The van der Waals surface area contributed by atoms with Crippen LogP contribution in [0.3, 0.4) is 0 Å². The van der Waals surface area contributed by atoms with Gasteiger partial charge in [0.2, 0.25) is 0 Å². The third kappa shape index (κ3) is 3.66. The third-order valence-electron chi connectivity index (χ3n) is 3.75. The molecule has 0 aromatic heterocycles. The van der Waals surface area contributed by atoms with Gasteiger partial charge in [-0.15, -0.1) is 0 Å². The molecule has 2 aromatic carbocycles. The summed E-state index contributed by atoms with van der Waals surface area (Å²) >= 11 is 12.2. The second-order valence-corrected chi connectivity index (χ2v) is 6.34. The number of amides is 3. The molecular formula is C18H13Cl2FN2O3. The van der Waals surface area contributed by atoms with Crippen LogP contribution >= 0.6 is 23.2 Å². The molecule has 0 atom stereocenters. The van der Waals surface area contributed by atoms with Crippen LogP contribution in [0.25, 0.3) is 6.08 Å². The first kappa shape index (κ1) is 18.2. The summed E-state index contributed by atoms with van der Waals surface area (Å²) in [7, 11) is 1.44. The van der Waals surface area contributed by atoms with Crippen LogP contribution in [-0.2, 0) is 11.3 Å². The average molecular weight is 395 g/mol. The molecule has 1 aliphatic rings. The molecule has 0 saturated carbocycles. The summed E-state index contributed by atoms with van der Waals surface area (Å²) in [5, 5.41) is 3.08. The number of carbonyl (C=O) groups excluding carboxylic acids is 2. The molecule has 3 amide bonds. The van der Waals surface area contributed by atoms with Crippen molar-refractivity contribution >= 4 is 41.2 Å². The van der Waals surface area contributed by atoms with E-state index in [9.17, 15) is 14.0 Å². The van der Waals surface area contributed by atoms with Gasteiger partial charge in [0.25, 0.3) is 5.91 Å². The summed E-state index contributed by atoms with van der Waals surface area (Å²) in [6.45, 7) is 0.0341. The number of ether oxygens (including phenoxy) is 1. The summed E-state index contributed by atoms with van der Waals surface area (Å²) in [5.41, 5.74) is 1.26. The lowest BCUT2D eigenvalue weighted by Gasteiger charge is -2.11. The monoisotopic (exact) mass is 394 g/mol. The molecule has 8 heteroatoms. The Labute approximate surface area is 159 Å². The van der Waals surface area contributed by atoms with Crippen LogP contribution < -0.4 is 10.1 Å². The Hall–Kier alpha value is -2.57. The van der Waals surface area contributed by atoms with E-state index in [1.165, 1.54) is 37.5 Å². The zero-order valence-corrected chi connectivity index (χ0v) is 15.1. The van der Waals surface area contributed by atoms with Gasteiger partial charge >= 0.3 is 6.03 Å². The van der Waals surface area contributed by atoms with E-state index < -0.39 is 11.9 Å². The second kappa shape index (κ2) is 7.35. The number of methoxy groups -OCH3 is 1. The van der Waals surface area contributed by atoms with Crippen LogP contribution in [0.15, 0.2) is 42.1 Å². The molecule has 5 nitrogen and oxygen atoms in total. The van der Waals surface area contributed by atoms with Crippen molar-refractivity contribution in [2.45, 2.75) is 6.54 Å². The molecule has 0 unspecified atom stereocenters. The number of hydrogen-bond acceptors (Lipinski definition) is 3. The van der Waals surface area contributed by atoms with Gasteiger partial charge in [-0.25, -0.2) is 9.18 Å². The lowest BCUT2D eigenvalue weighted by molar-refractivity contribution is -0.123. The lowest BCUT2D eigenvalue weighted by atomic mass is 10.1. The second-order valence-electron chi connectivity index (χ2n) is 5.52. The summed E-state index contributed by atoms with van der Waals surface area (Å²) in [6, 6.07) is 8.15. The maximum atomic E-state index is 13.0. The van der Waals surface area contributed by atoms with Crippen LogP contribution in [-0.4, -0.2) is 23.9 Å². The van der Waals surface area contributed by atoms with Gasteiger partial charge in [0, 0.05) is 0 Å². The number of urea groups is 1. The van der Waals surface area contributed by atoms with Crippen LogP contribution in [0.4, 0.5) is 9.18 Å². The van der Waals surface area contributed by atoms with Gasteiger partial charge in [0.1, 0.15) is 11.5 Å². The zero-order valence-electron chi connectivity index (χ0n) is 13.6. The third-order valence-corrected chi connectivity index (χ3v) is 4.31. The number of imide groups is 1. The minimum absolute atomic E-state index is 0.0341. The minimum Gasteiger partial charge on any atom is -0.494 e. The van der Waals surface area contributed by atoms with Crippen LogP contribution in [0, 0.1) is 5.82 Å². The average Bonchev–Trinajstić information content (AvgIpc) is 2.84. The molecule has 0 spiro atoms. The Morgan fingerprint density at radius 1 is 1.15 bits per heavy atom. The molecule has 26 heavy (non-hydrogen) atoms. The normalized spacial score (nSPS) is 15.5. The maximum Gasteiger partial charge on any atom is 0.329 e. The van der Waals surface area contributed by atoms with Crippen LogP contribution in [0.5, 0.6) is 5.75 Å². The van der Waals surface area contributed by atoms with Gasteiger partial charge in [0.05, 0.1) is 23.7 Å². The van der Waals surface area contributed by atoms with Gasteiger partial charge in [-0.3, -0.25) is 9.69 Å². The predicted molar refractivity (Wildman–Crippen MR) is 96.5 cm³/mol. The number of rotatable bonds is 4. The Kier molecular flexibility index (Phi) is 5.15. The largest absolute Gasteiger partial charge is 0.494 e. The van der Waals surface area contributed by atoms with Crippen LogP contribution in [0.1, 0.15) is 11.1 Å². The summed E-state index contributed by atoms with van der Waals surface area (Å²) in [5.74, 6) is -0.558. The quantitative estimate of drug-likeness (QED) is 0.623. The number of benzene rings is 2. The van der Waals surface area contributed by atoms with Crippen molar-refractivity contribution in [3.05, 3.63) is 69.1 Å². The molecule has 2 aromatic rings. The first-order valence-corrected chi connectivity index (χ1v) is 8.26. The predicted octanol–water partition coefficient (Wildman–Crippen LogP) is 4.23. The van der Waals surface area contributed by atoms with E-state index in [1.54, 1.807) is 12.1 Å². The smallest absolute Gasteiger partial charge is 0.329 e. The van der Waals surface area contributed by atoms with Crippen LogP contribution in [0.2, 0.25) is 10.0 Å². The van der Waals surface area contributed by atoms with E-state index in [0.717, 1.165) is 4.90 Å². The number of carbonyl (C=O) groups is 2. The van der Waals surface area contributed by atoms with Crippen molar-refractivity contribution in [2.24, 2.45) is 0 Å². The topological polar surface area (TPSA) is 58.6 Å². The number of hydrogen-bond donors (Lipinski definition) is 1. The Morgan fingerprint density at radius 3 is 2.35 bits per heavy atom. The SMILES string of the molecule is COc1c(Cl)cc(/C=C2/NC(=O)N(Cc3ccc(F)cc3)C2=O)cc1Cl. The van der Waals surface area contributed by atoms with E-state index >= 15 is 0 Å². The van der Waals surface area contributed by atoms with E-state index in [2.05, 4.69) is 5.32 Å². The highest BCUT2D eigenvalue weighted by Crippen LogP contribution is 2.34. The molecule has 1 heterocycles. The minimum atomic E-state index is -0.559. The fraction of sp³-hybridized carbons (Fsp3) is 0.111. The summed E-state index contributed by atoms with van der Waals surface area (Å²) < 4.78 is 18.1. The van der Waals surface area contributed by atoms with Crippen molar-refractivity contribution < 1.29 is 18.7 Å². The first-order chi connectivity index (χ1) is 12.4. The molecule has 1 N–H and O–H groups in total. The Bertz CT molecular complexity index is 890. The molecule has 1 fully saturated rings. The van der Waals surface area contributed by atoms with E-state index in [-0.39, 0.29) is 28.1 Å². The van der Waals surface area contributed by atoms with Gasteiger partial charge in [-0.2, -0.15) is 0 Å². The van der Waals surface area contributed by atoms with Crippen molar-refractivity contribution in [1.29, 1.82) is 0 Å². The van der Waals surface area contributed by atoms with Gasteiger partial charge in [-0.1, -0.05) is 35.3 Å². The fourth-order valence-corrected chi connectivity index (χ4v) is 3.17. The highest BCUT2D eigenvalue weighted by atomic mass is 35.5. The highest BCUT2D eigenvalue weighted by Gasteiger charge is 2.33. The lowest BCUT2D eigenvalue weighted by Crippen LogP contribution is -2.30. The summed E-state index contributed by atoms with van der Waals surface area (Å²) in [6.07, 6.45) is 1.47. The fourth-order valence-electron chi connectivity index (χ4n) is 2.51. The van der Waals surface area contributed by atoms with E-state index in [1.807, 2.05) is 0 Å². The summed E-state index contributed by atoms with van der Waals surface area (Å²) in [4.78, 5) is 25.6. The molecule has 0 radical (unpaired) electrons. The van der Waals surface area contributed by atoms with Crippen molar-refractivity contribution in [2.75, 3.05) is 7.11 Å². The first-order valence-electron chi connectivity index (χ1n) is 7.51. The number of halogens is 3. The standard InChI is InChI=1S/C18H13Cl2FN2O3/c1-26-16-13(19)6-11(7-14(16)20)8-15-17(24)23(18(25)22-15)9-10-2-4-12(21)5-3-10/h2-8H,9H2,1H3,(H,22,25)/b15-8+. The van der Waals surface area contributed by atoms with Gasteiger partial charge in [-0.05, 0) is 41.5 Å². The molecule has 3 rings (SSSR count). The van der Waals surface area contributed by atoms with Crippen molar-refractivity contribution in [3.63, 3.8) is 0 Å². The Morgan fingerprint density at radius 2 is 1.77 bits per heavy atom. The highest BCUT2D eigenvalue weighted by molar-refractivity contribution is 6.37. The molecule has 1 aliphatic heterocycles. The molecule has 0 bridgehead atoms. The molecular weight excluding hydrogens is 382 g/mol. The zero-order chi connectivity index (χ0) is 18.8.